The number of rotatable bonds is 2. The summed E-state index contributed by atoms with van der Waals surface area (Å²) in [5.74, 6) is -1.39. The number of hydrogen-bond donors (Lipinski definition) is 2. The van der Waals surface area contributed by atoms with Crippen molar-refractivity contribution < 1.29 is 24.2 Å². The Labute approximate surface area is 133 Å². The quantitative estimate of drug-likeness (QED) is 0.858. The summed E-state index contributed by atoms with van der Waals surface area (Å²) in [7, 11) is 0. The maximum absolute atomic E-state index is 12.7. The Morgan fingerprint density at radius 3 is 2.87 bits per heavy atom. The predicted octanol–water partition coefficient (Wildman–Crippen LogP) is 1.34. The number of nitrogens with zero attached hydrogens (tertiary/aromatic N) is 1. The molecular formula is C16H18N2O5. The Balaban J connectivity index is 1.82. The molecule has 1 fully saturated rings. The zero-order valence-corrected chi connectivity index (χ0v) is 12.7. The standard InChI is InChI=1S/C16H18N2O5/c1-9-2-3-11(16(21)22)7-18(9)15(20)10-4-5-12-13(6-10)23-8-14(19)17-12/h4-6,9,11H,2-3,7-8H2,1H3,(H,17,19)(H,21,22)/t9-,11+/m0/s1. The van der Waals surface area contributed by atoms with Gasteiger partial charge in [0.2, 0.25) is 0 Å². The molecular weight excluding hydrogens is 300 g/mol. The second-order valence-corrected chi connectivity index (χ2v) is 5.97. The van der Waals surface area contributed by atoms with Crippen LogP contribution in [0.25, 0.3) is 0 Å². The first kappa shape index (κ1) is 15.3. The number of anilines is 1. The van der Waals surface area contributed by atoms with E-state index in [1.54, 1.807) is 23.1 Å². The highest BCUT2D eigenvalue weighted by Crippen LogP contribution is 2.30. The predicted molar refractivity (Wildman–Crippen MR) is 81.4 cm³/mol. The van der Waals surface area contributed by atoms with Gasteiger partial charge >= 0.3 is 5.97 Å². The van der Waals surface area contributed by atoms with Crippen molar-refractivity contribution >= 4 is 23.5 Å². The van der Waals surface area contributed by atoms with Crippen LogP contribution in [0.2, 0.25) is 0 Å². The third kappa shape index (κ3) is 2.99. The number of ether oxygens (including phenoxy) is 1. The van der Waals surface area contributed by atoms with Crippen LogP contribution in [0.1, 0.15) is 30.1 Å². The Kier molecular flexibility index (Phi) is 3.94. The lowest BCUT2D eigenvalue weighted by molar-refractivity contribution is -0.143. The summed E-state index contributed by atoms with van der Waals surface area (Å²) in [6.07, 6.45) is 1.25. The highest BCUT2D eigenvalue weighted by Gasteiger charge is 2.33. The van der Waals surface area contributed by atoms with E-state index >= 15 is 0 Å². The van der Waals surface area contributed by atoms with Crippen molar-refractivity contribution in [3.63, 3.8) is 0 Å². The lowest BCUT2D eigenvalue weighted by Gasteiger charge is -2.36. The Morgan fingerprint density at radius 2 is 2.13 bits per heavy atom. The fourth-order valence-corrected chi connectivity index (χ4v) is 2.96. The molecule has 2 heterocycles. The smallest absolute Gasteiger partial charge is 0.308 e. The molecule has 0 spiro atoms. The number of carboxylic acid groups (broad SMARTS) is 1. The van der Waals surface area contributed by atoms with Gasteiger partial charge in [-0.25, -0.2) is 0 Å². The number of carboxylic acids is 1. The molecule has 23 heavy (non-hydrogen) atoms. The van der Waals surface area contributed by atoms with Crippen LogP contribution in [-0.2, 0) is 9.59 Å². The molecule has 0 bridgehead atoms. The minimum Gasteiger partial charge on any atom is -0.482 e. The average Bonchev–Trinajstić information content (AvgIpc) is 2.54. The largest absolute Gasteiger partial charge is 0.482 e. The fraction of sp³-hybridized carbons (Fsp3) is 0.438. The minimum atomic E-state index is -0.869. The zero-order chi connectivity index (χ0) is 16.6. The number of amides is 2. The van der Waals surface area contributed by atoms with Crippen molar-refractivity contribution in [2.24, 2.45) is 5.92 Å². The van der Waals surface area contributed by atoms with Gasteiger partial charge in [0.05, 0.1) is 11.6 Å². The summed E-state index contributed by atoms with van der Waals surface area (Å²) in [6.45, 7) is 2.06. The summed E-state index contributed by atoms with van der Waals surface area (Å²) in [5, 5.41) is 11.8. The number of piperidine rings is 1. The molecule has 1 aromatic rings. The number of nitrogens with one attached hydrogen (secondary N) is 1. The van der Waals surface area contributed by atoms with E-state index in [4.69, 9.17) is 4.74 Å². The minimum absolute atomic E-state index is 0.00486. The topological polar surface area (TPSA) is 95.9 Å². The van der Waals surface area contributed by atoms with E-state index in [0.29, 0.717) is 29.8 Å². The lowest BCUT2D eigenvalue weighted by atomic mass is 9.93. The van der Waals surface area contributed by atoms with Gasteiger partial charge in [-0.15, -0.1) is 0 Å². The third-order valence-electron chi connectivity index (χ3n) is 4.35. The lowest BCUT2D eigenvalue weighted by Crippen LogP contribution is -2.47. The number of benzene rings is 1. The molecule has 0 unspecified atom stereocenters. The summed E-state index contributed by atoms with van der Waals surface area (Å²) < 4.78 is 5.32. The van der Waals surface area contributed by atoms with Crippen molar-refractivity contribution in [2.45, 2.75) is 25.8 Å². The number of aliphatic carboxylic acids is 1. The maximum atomic E-state index is 12.7. The highest BCUT2D eigenvalue weighted by molar-refractivity contribution is 5.99. The first-order valence-corrected chi connectivity index (χ1v) is 7.56. The molecule has 2 aliphatic heterocycles. The van der Waals surface area contributed by atoms with Crippen molar-refractivity contribution in [2.75, 3.05) is 18.5 Å². The summed E-state index contributed by atoms with van der Waals surface area (Å²) in [6, 6.07) is 4.83. The van der Waals surface area contributed by atoms with Crippen molar-refractivity contribution in [1.29, 1.82) is 0 Å². The molecule has 7 heteroatoms. The molecule has 2 aliphatic rings. The van der Waals surface area contributed by atoms with E-state index in [2.05, 4.69) is 5.32 Å². The van der Waals surface area contributed by atoms with Gasteiger partial charge in [0.25, 0.3) is 11.8 Å². The van der Waals surface area contributed by atoms with Gasteiger partial charge in [-0.1, -0.05) is 0 Å². The summed E-state index contributed by atoms with van der Waals surface area (Å²) >= 11 is 0. The number of hydrogen-bond acceptors (Lipinski definition) is 4. The first-order chi connectivity index (χ1) is 11.0. The Bertz CT molecular complexity index is 672. The molecule has 2 atom stereocenters. The Morgan fingerprint density at radius 1 is 1.35 bits per heavy atom. The fourth-order valence-electron chi connectivity index (χ4n) is 2.96. The van der Waals surface area contributed by atoms with Crippen LogP contribution in [0.3, 0.4) is 0 Å². The highest BCUT2D eigenvalue weighted by atomic mass is 16.5. The Hall–Kier alpha value is -2.57. The van der Waals surface area contributed by atoms with E-state index in [-0.39, 0.29) is 31.0 Å². The van der Waals surface area contributed by atoms with Crippen LogP contribution in [0.5, 0.6) is 5.75 Å². The van der Waals surface area contributed by atoms with Crippen LogP contribution in [-0.4, -0.2) is 47.0 Å². The molecule has 1 aromatic carbocycles. The van der Waals surface area contributed by atoms with Gasteiger partial charge in [-0.2, -0.15) is 0 Å². The zero-order valence-electron chi connectivity index (χ0n) is 12.7. The molecule has 0 saturated carbocycles. The maximum Gasteiger partial charge on any atom is 0.308 e. The second kappa shape index (κ2) is 5.91. The van der Waals surface area contributed by atoms with Gasteiger partial charge in [0.15, 0.2) is 6.61 Å². The van der Waals surface area contributed by atoms with Gasteiger partial charge < -0.3 is 20.1 Å². The van der Waals surface area contributed by atoms with Gasteiger partial charge in [0, 0.05) is 18.2 Å². The van der Waals surface area contributed by atoms with E-state index in [1.807, 2.05) is 6.92 Å². The van der Waals surface area contributed by atoms with E-state index in [9.17, 15) is 19.5 Å². The van der Waals surface area contributed by atoms with Crippen molar-refractivity contribution in [3.05, 3.63) is 23.8 Å². The molecule has 122 valence electrons. The van der Waals surface area contributed by atoms with Crippen LogP contribution in [0, 0.1) is 5.92 Å². The van der Waals surface area contributed by atoms with Gasteiger partial charge in [-0.3, -0.25) is 14.4 Å². The molecule has 3 rings (SSSR count). The first-order valence-electron chi connectivity index (χ1n) is 7.56. The molecule has 7 nitrogen and oxygen atoms in total. The van der Waals surface area contributed by atoms with Crippen LogP contribution < -0.4 is 10.1 Å². The van der Waals surface area contributed by atoms with Crippen LogP contribution in [0.15, 0.2) is 18.2 Å². The van der Waals surface area contributed by atoms with Crippen molar-refractivity contribution in [3.8, 4) is 5.75 Å². The summed E-state index contributed by atoms with van der Waals surface area (Å²) in [4.78, 5) is 36.8. The van der Waals surface area contributed by atoms with E-state index in [0.717, 1.165) is 0 Å². The monoisotopic (exact) mass is 318 g/mol. The number of carbonyl (C=O) groups is 3. The number of likely N-dealkylation sites (tertiary alicyclic amines) is 1. The molecule has 1 saturated heterocycles. The van der Waals surface area contributed by atoms with Gasteiger partial charge in [-0.05, 0) is 38.0 Å². The molecule has 2 amide bonds. The van der Waals surface area contributed by atoms with Gasteiger partial charge in [0.1, 0.15) is 5.75 Å². The molecule has 2 N–H and O–H groups in total. The molecule has 0 aliphatic carbocycles. The van der Waals surface area contributed by atoms with Crippen LogP contribution >= 0.6 is 0 Å². The molecule has 0 radical (unpaired) electrons. The molecule has 0 aromatic heterocycles. The summed E-state index contributed by atoms with van der Waals surface area (Å²) in [5.41, 5.74) is 0.964. The SMILES string of the molecule is C[C@H]1CC[C@@H](C(=O)O)CN1C(=O)c1ccc2c(c1)OCC(=O)N2. The van der Waals surface area contributed by atoms with Crippen LogP contribution in [0.4, 0.5) is 5.69 Å². The normalized spacial score (nSPS) is 23.5. The average molecular weight is 318 g/mol. The second-order valence-electron chi connectivity index (χ2n) is 5.97. The number of fused-ring (bicyclic) bond motifs is 1. The number of carbonyl (C=O) groups excluding carboxylic acids is 2. The van der Waals surface area contributed by atoms with E-state index < -0.39 is 11.9 Å². The van der Waals surface area contributed by atoms with Crippen molar-refractivity contribution in [1.82, 2.24) is 4.90 Å². The third-order valence-corrected chi connectivity index (χ3v) is 4.35. The van der Waals surface area contributed by atoms with E-state index in [1.165, 1.54) is 0 Å².